The summed E-state index contributed by atoms with van der Waals surface area (Å²) in [4.78, 5) is 14.1. The molecule has 0 spiro atoms. The number of likely N-dealkylation sites (N-methyl/N-ethyl adjacent to an activating group) is 2. The van der Waals surface area contributed by atoms with Gasteiger partial charge in [0.1, 0.15) is 5.54 Å². The average Bonchev–Trinajstić information content (AvgIpc) is 2.42. The molecule has 0 fully saturated rings. The fraction of sp³-hybridized carbons (Fsp3) is 0.929. The summed E-state index contributed by atoms with van der Waals surface area (Å²) < 4.78 is 10.0. The van der Waals surface area contributed by atoms with Crippen LogP contribution in [-0.2, 0) is 14.3 Å². The molecule has 0 rings (SSSR count). The lowest BCUT2D eigenvalue weighted by molar-refractivity contribution is -0.148. The molecular weight excluding hydrogens is 244 g/mol. The first kappa shape index (κ1) is 18.4. The van der Waals surface area contributed by atoms with Crippen LogP contribution in [0.3, 0.4) is 0 Å². The lowest BCUT2D eigenvalue weighted by Gasteiger charge is -2.30. The van der Waals surface area contributed by atoms with Crippen LogP contribution < -0.4 is 5.32 Å². The van der Waals surface area contributed by atoms with Gasteiger partial charge in [-0.1, -0.05) is 6.92 Å². The molecule has 2 unspecified atom stereocenters. The molecule has 0 bridgehead atoms. The van der Waals surface area contributed by atoms with Crippen molar-refractivity contribution in [3.63, 3.8) is 0 Å². The van der Waals surface area contributed by atoms with E-state index in [2.05, 4.69) is 24.1 Å². The van der Waals surface area contributed by atoms with Crippen LogP contribution in [0.25, 0.3) is 0 Å². The molecule has 0 radical (unpaired) electrons. The van der Waals surface area contributed by atoms with E-state index in [1.807, 2.05) is 6.92 Å². The van der Waals surface area contributed by atoms with Crippen LogP contribution in [0.1, 0.15) is 33.6 Å². The highest BCUT2D eigenvalue weighted by Crippen LogP contribution is 2.15. The fourth-order valence-corrected chi connectivity index (χ4v) is 2.23. The quantitative estimate of drug-likeness (QED) is 0.608. The summed E-state index contributed by atoms with van der Waals surface area (Å²) in [5.74, 6) is -0.206. The second-order valence-electron chi connectivity index (χ2n) is 5.11. The van der Waals surface area contributed by atoms with Gasteiger partial charge in [-0.3, -0.25) is 9.69 Å². The maximum Gasteiger partial charge on any atom is 0.325 e. The van der Waals surface area contributed by atoms with E-state index < -0.39 is 5.54 Å². The average molecular weight is 274 g/mol. The molecule has 0 heterocycles. The van der Waals surface area contributed by atoms with Crippen molar-refractivity contribution in [2.75, 3.05) is 41.0 Å². The van der Waals surface area contributed by atoms with Gasteiger partial charge in [-0.25, -0.2) is 0 Å². The minimum atomic E-state index is -0.599. The molecule has 5 heteroatoms. The summed E-state index contributed by atoms with van der Waals surface area (Å²) in [6.45, 7) is 8.85. The van der Waals surface area contributed by atoms with Crippen LogP contribution in [-0.4, -0.2) is 63.4 Å². The Bertz CT molecular complexity index is 261. The molecule has 0 aromatic rings. The number of ether oxygens (including phenoxy) is 2. The molecule has 5 nitrogen and oxygen atoms in total. The van der Waals surface area contributed by atoms with Gasteiger partial charge in [0.2, 0.25) is 0 Å². The van der Waals surface area contributed by atoms with E-state index in [1.54, 1.807) is 14.2 Å². The highest BCUT2D eigenvalue weighted by molar-refractivity contribution is 5.80. The van der Waals surface area contributed by atoms with Gasteiger partial charge < -0.3 is 14.8 Å². The van der Waals surface area contributed by atoms with Crippen LogP contribution in [0.15, 0.2) is 0 Å². The molecule has 19 heavy (non-hydrogen) atoms. The molecule has 0 aliphatic heterocycles. The summed E-state index contributed by atoms with van der Waals surface area (Å²) in [5.41, 5.74) is -0.599. The third kappa shape index (κ3) is 5.89. The number of esters is 1. The zero-order valence-corrected chi connectivity index (χ0v) is 13.3. The standard InChI is InChI=1S/C14H30N2O3/c1-7-16(12(2)11-18-5)10-8-9-14(3,15-4)13(17)19-6/h12,15H,7-11H2,1-6H3. The number of hydrogen-bond donors (Lipinski definition) is 1. The molecule has 0 amide bonds. The van der Waals surface area contributed by atoms with Gasteiger partial charge in [-0.15, -0.1) is 0 Å². The first-order valence-corrected chi connectivity index (χ1v) is 6.95. The van der Waals surface area contributed by atoms with Crippen molar-refractivity contribution < 1.29 is 14.3 Å². The fourth-order valence-electron chi connectivity index (χ4n) is 2.23. The Labute approximate surface area is 117 Å². The molecule has 1 N–H and O–H groups in total. The number of carbonyl (C=O) groups excluding carboxylic acids is 1. The van der Waals surface area contributed by atoms with Crippen molar-refractivity contribution in [2.24, 2.45) is 0 Å². The topological polar surface area (TPSA) is 50.8 Å². The van der Waals surface area contributed by atoms with Gasteiger partial charge in [0.15, 0.2) is 0 Å². The molecular formula is C14H30N2O3. The van der Waals surface area contributed by atoms with Crippen molar-refractivity contribution >= 4 is 5.97 Å². The zero-order chi connectivity index (χ0) is 14.9. The van der Waals surface area contributed by atoms with Crippen LogP contribution in [0.2, 0.25) is 0 Å². The van der Waals surface area contributed by atoms with Gasteiger partial charge in [0.05, 0.1) is 13.7 Å². The normalized spacial score (nSPS) is 16.2. The van der Waals surface area contributed by atoms with Crippen molar-refractivity contribution in [3.8, 4) is 0 Å². The van der Waals surface area contributed by atoms with Crippen molar-refractivity contribution in [1.82, 2.24) is 10.2 Å². The van der Waals surface area contributed by atoms with E-state index >= 15 is 0 Å². The van der Waals surface area contributed by atoms with Crippen LogP contribution >= 0.6 is 0 Å². The van der Waals surface area contributed by atoms with E-state index in [1.165, 1.54) is 7.11 Å². The van der Waals surface area contributed by atoms with Crippen LogP contribution in [0, 0.1) is 0 Å². The first-order valence-electron chi connectivity index (χ1n) is 6.95. The van der Waals surface area contributed by atoms with Gasteiger partial charge in [-0.05, 0) is 46.8 Å². The minimum absolute atomic E-state index is 0.206. The molecule has 0 aliphatic rings. The van der Waals surface area contributed by atoms with E-state index in [4.69, 9.17) is 9.47 Å². The van der Waals surface area contributed by atoms with Crippen LogP contribution in [0.5, 0.6) is 0 Å². The minimum Gasteiger partial charge on any atom is -0.468 e. The van der Waals surface area contributed by atoms with E-state index in [0.717, 1.165) is 32.5 Å². The van der Waals surface area contributed by atoms with Gasteiger partial charge in [0, 0.05) is 13.2 Å². The largest absolute Gasteiger partial charge is 0.468 e. The molecule has 0 saturated carbocycles. The third-order valence-electron chi connectivity index (χ3n) is 3.75. The summed E-state index contributed by atoms with van der Waals surface area (Å²) in [6, 6.07) is 0.397. The van der Waals surface area contributed by atoms with Crippen LogP contribution in [0.4, 0.5) is 0 Å². The third-order valence-corrected chi connectivity index (χ3v) is 3.75. The Morgan fingerprint density at radius 1 is 1.42 bits per heavy atom. The van der Waals surface area contributed by atoms with Crippen molar-refractivity contribution in [3.05, 3.63) is 0 Å². The predicted molar refractivity (Wildman–Crippen MR) is 77.3 cm³/mol. The van der Waals surface area contributed by atoms with E-state index in [0.29, 0.717) is 6.04 Å². The number of rotatable bonds is 10. The second-order valence-corrected chi connectivity index (χ2v) is 5.11. The zero-order valence-electron chi connectivity index (χ0n) is 13.3. The lowest BCUT2D eigenvalue weighted by atomic mass is 9.96. The van der Waals surface area contributed by atoms with Gasteiger partial charge in [-0.2, -0.15) is 0 Å². The first-order chi connectivity index (χ1) is 8.95. The maximum atomic E-state index is 11.7. The van der Waals surface area contributed by atoms with Gasteiger partial charge >= 0.3 is 5.97 Å². The summed E-state index contributed by atoms with van der Waals surface area (Å²) in [7, 11) is 4.94. The Morgan fingerprint density at radius 2 is 2.05 bits per heavy atom. The maximum absolute atomic E-state index is 11.7. The monoisotopic (exact) mass is 274 g/mol. The summed E-state index contributed by atoms with van der Waals surface area (Å²) in [6.07, 6.45) is 1.70. The SMILES string of the molecule is CCN(CCCC(C)(NC)C(=O)OC)C(C)COC. The number of methoxy groups -OCH3 is 2. The van der Waals surface area contributed by atoms with Gasteiger partial charge in [0.25, 0.3) is 0 Å². The molecule has 0 saturated heterocycles. The predicted octanol–water partition coefficient (Wildman–Crippen LogP) is 1.27. The summed E-state index contributed by atoms with van der Waals surface area (Å²) >= 11 is 0. The Morgan fingerprint density at radius 3 is 2.47 bits per heavy atom. The summed E-state index contributed by atoms with van der Waals surface area (Å²) in [5, 5.41) is 3.06. The van der Waals surface area contributed by atoms with Crippen molar-refractivity contribution in [1.29, 1.82) is 0 Å². The van der Waals surface area contributed by atoms with E-state index in [-0.39, 0.29) is 5.97 Å². The Balaban J connectivity index is 4.27. The highest BCUT2D eigenvalue weighted by atomic mass is 16.5. The number of nitrogens with zero attached hydrogens (tertiary/aromatic N) is 1. The molecule has 0 aliphatic carbocycles. The Kier molecular flexibility index (Phi) is 8.97. The number of nitrogens with one attached hydrogen (secondary N) is 1. The molecule has 2 atom stereocenters. The van der Waals surface area contributed by atoms with Crippen molar-refractivity contribution in [2.45, 2.75) is 45.2 Å². The molecule has 0 aromatic carbocycles. The highest BCUT2D eigenvalue weighted by Gasteiger charge is 2.32. The molecule has 0 aromatic heterocycles. The lowest BCUT2D eigenvalue weighted by Crippen LogP contribution is -2.49. The number of carbonyl (C=O) groups is 1. The number of hydrogen-bond acceptors (Lipinski definition) is 5. The van der Waals surface area contributed by atoms with E-state index in [9.17, 15) is 4.79 Å². The smallest absolute Gasteiger partial charge is 0.325 e. The molecule has 114 valence electrons. The Hall–Kier alpha value is -0.650. The second kappa shape index (κ2) is 9.28.